The third kappa shape index (κ3) is 9.59. The van der Waals surface area contributed by atoms with Crippen molar-refractivity contribution < 1.29 is 19.4 Å². The van der Waals surface area contributed by atoms with Gasteiger partial charge in [0.2, 0.25) is 0 Å². The summed E-state index contributed by atoms with van der Waals surface area (Å²) in [6.07, 6.45) is 2.52. The Hall–Kier alpha value is -0.710. The first-order chi connectivity index (χ1) is 7.06. The van der Waals surface area contributed by atoms with E-state index in [1.54, 1.807) is 6.92 Å². The second-order valence-electron chi connectivity index (χ2n) is 3.28. The first-order valence-electron chi connectivity index (χ1n) is 5.09. The summed E-state index contributed by atoms with van der Waals surface area (Å²) in [5.41, 5.74) is 0. The van der Waals surface area contributed by atoms with Crippen molar-refractivity contribution in [1.82, 2.24) is 0 Å². The summed E-state index contributed by atoms with van der Waals surface area (Å²) in [7, 11) is 0. The molecule has 0 saturated carbocycles. The van der Waals surface area contributed by atoms with Crippen LogP contribution in [0.1, 0.15) is 39.0 Å². The topological polar surface area (TPSA) is 66.4 Å². The number of esters is 1. The highest BCUT2D eigenvalue weighted by molar-refractivity contribution is 7.81. The van der Waals surface area contributed by atoms with Crippen LogP contribution in [0.5, 0.6) is 0 Å². The van der Waals surface area contributed by atoms with E-state index >= 15 is 0 Å². The van der Waals surface area contributed by atoms with E-state index in [1.165, 1.54) is 0 Å². The Labute approximate surface area is 95.4 Å². The standard InChI is InChI=1S/C10H18O4S/c1-2-14-10(13)6-4-3-5-8(15)7-9(11)12/h8,15H,2-7H2,1H3,(H,11,12)/p-1. The van der Waals surface area contributed by atoms with Crippen LogP contribution in [-0.4, -0.2) is 23.8 Å². The number of aliphatic carboxylic acids is 1. The molecule has 5 heteroatoms. The summed E-state index contributed by atoms with van der Waals surface area (Å²) in [6, 6.07) is 0. The number of unbranched alkanes of at least 4 members (excludes halogenated alkanes) is 1. The molecule has 0 aliphatic carbocycles. The van der Waals surface area contributed by atoms with E-state index in [9.17, 15) is 14.7 Å². The number of hydrogen-bond acceptors (Lipinski definition) is 5. The summed E-state index contributed by atoms with van der Waals surface area (Å²) < 4.78 is 4.75. The van der Waals surface area contributed by atoms with Crippen molar-refractivity contribution in [1.29, 1.82) is 0 Å². The van der Waals surface area contributed by atoms with Crippen molar-refractivity contribution in [2.75, 3.05) is 6.61 Å². The lowest BCUT2D eigenvalue weighted by molar-refractivity contribution is -0.305. The lowest BCUT2D eigenvalue weighted by Gasteiger charge is -2.10. The zero-order chi connectivity index (χ0) is 11.7. The quantitative estimate of drug-likeness (QED) is 0.378. The Morgan fingerprint density at radius 3 is 2.60 bits per heavy atom. The third-order valence-corrected chi connectivity index (χ3v) is 2.32. The molecule has 0 rings (SSSR count). The SMILES string of the molecule is CCOC(=O)CCCCC(S)CC(=O)[O-]. The highest BCUT2D eigenvalue weighted by Crippen LogP contribution is 2.11. The molecule has 1 unspecified atom stereocenters. The van der Waals surface area contributed by atoms with E-state index in [4.69, 9.17) is 4.74 Å². The molecule has 0 spiro atoms. The van der Waals surface area contributed by atoms with Crippen LogP contribution in [0, 0.1) is 0 Å². The van der Waals surface area contributed by atoms with Crippen LogP contribution >= 0.6 is 12.6 Å². The molecular formula is C10H17O4S-. The summed E-state index contributed by atoms with van der Waals surface area (Å²) in [4.78, 5) is 21.1. The summed E-state index contributed by atoms with van der Waals surface area (Å²) >= 11 is 4.10. The predicted molar refractivity (Wildman–Crippen MR) is 57.5 cm³/mol. The Kier molecular flexibility index (Phi) is 8.18. The zero-order valence-electron chi connectivity index (χ0n) is 8.90. The second-order valence-corrected chi connectivity index (χ2v) is 4.01. The average Bonchev–Trinajstić information content (AvgIpc) is 2.12. The van der Waals surface area contributed by atoms with Gasteiger partial charge in [-0.05, 0) is 26.2 Å². The predicted octanol–water partition coefficient (Wildman–Crippen LogP) is 0.548. The van der Waals surface area contributed by atoms with Crippen molar-refractivity contribution in [2.45, 2.75) is 44.3 Å². The number of hydrogen-bond donors (Lipinski definition) is 1. The molecule has 0 aromatic rings. The number of carbonyl (C=O) groups is 2. The van der Waals surface area contributed by atoms with Gasteiger partial charge in [0.25, 0.3) is 0 Å². The molecule has 0 bridgehead atoms. The molecule has 0 aromatic heterocycles. The van der Waals surface area contributed by atoms with E-state index in [1.807, 2.05) is 0 Å². The minimum absolute atomic E-state index is 0.0392. The fraction of sp³-hybridized carbons (Fsp3) is 0.800. The number of carbonyl (C=O) groups excluding carboxylic acids is 2. The molecule has 0 N–H and O–H groups in total. The van der Waals surface area contributed by atoms with Gasteiger partial charge in [-0.15, -0.1) is 0 Å². The molecule has 0 heterocycles. The average molecular weight is 233 g/mol. The number of carboxylic acid groups (broad SMARTS) is 1. The molecule has 0 radical (unpaired) electrons. The molecule has 0 saturated heterocycles. The van der Waals surface area contributed by atoms with Crippen LogP contribution in [-0.2, 0) is 14.3 Å². The Morgan fingerprint density at radius 1 is 1.40 bits per heavy atom. The van der Waals surface area contributed by atoms with Crippen molar-refractivity contribution in [2.24, 2.45) is 0 Å². The van der Waals surface area contributed by atoms with E-state index in [0.717, 1.165) is 6.42 Å². The third-order valence-electron chi connectivity index (χ3n) is 1.88. The van der Waals surface area contributed by atoms with Crippen molar-refractivity contribution in [3.05, 3.63) is 0 Å². The summed E-state index contributed by atoms with van der Waals surface area (Å²) in [5, 5.41) is 10.0. The lowest BCUT2D eigenvalue weighted by atomic mass is 10.1. The molecule has 1 atom stereocenters. The van der Waals surface area contributed by atoms with Gasteiger partial charge in [-0.3, -0.25) is 4.79 Å². The van der Waals surface area contributed by atoms with Crippen molar-refractivity contribution >= 4 is 24.6 Å². The van der Waals surface area contributed by atoms with E-state index in [-0.39, 0.29) is 17.6 Å². The smallest absolute Gasteiger partial charge is 0.305 e. The zero-order valence-corrected chi connectivity index (χ0v) is 9.79. The number of rotatable bonds is 8. The van der Waals surface area contributed by atoms with Gasteiger partial charge in [0.05, 0.1) is 6.61 Å². The number of thiol groups is 1. The van der Waals surface area contributed by atoms with Crippen molar-refractivity contribution in [3.8, 4) is 0 Å². The van der Waals surface area contributed by atoms with Crippen LogP contribution in [0.4, 0.5) is 0 Å². The summed E-state index contributed by atoms with van der Waals surface area (Å²) in [6.45, 7) is 2.17. The normalized spacial score (nSPS) is 12.1. The van der Waals surface area contributed by atoms with Gasteiger partial charge in [-0.1, -0.05) is 6.42 Å². The first-order valence-corrected chi connectivity index (χ1v) is 5.61. The first kappa shape index (κ1) is 14.3. The van der Waals surface area contributed by atoms with Crippen LogP contribution in [0.15, 0.2) is 0 Å². The molecule has 0 aliphatic heterocycles. The second kappa shape index (κ2) is 8.59. The van der Waals surface area contributed by atoms with Crippen LogP contribution in [0.3, 0.4) is 0 Å². The Balaban J connectivity index is 3.37. The van der Waals surface area contributed by atoms with E-state index < -0.39 is 5.97 Å². The van der Waals surface area contributed by atoms with Gasteiger partial charge in [-0.25, -0.2) is 0 Å². The fourth-order valence-corrected chi connectivity index (χ4v) is 1.51. The van der Waals surface area contributed by atoms with Crippen molar-refractivity contribution in [3.63, 3.8) is 0 Å². The van der Waals surface area contributed by atoms with Crippen LogP contribution < -0.4 is 5.11 Å². The molecule has 15 heavy (non-hydrogen) atoms. The maximum absolute atomic E-state index is 10.9. The highest BCUT2D eigenvalue weighted by atomic mass is 32.1. The maximum atomic E-state index is 10.9. The molecule has 0 amide bonds. The van der Waals surface area contributed by atoms with Gasteiger partial charge in [0.1, 0.15) is 0 Å². The van der Waals surface area contributed by atoms with Gasteiger partial charge in [-0.2, -0.15) is 12.6 Å². The molecule has 0 aromatic carbocycles. The van der Waals surface area contributed by atoms with E-state index in [2.05, 4.69) is 12.6 Å². The fourth-order valence-electron chi connectivity index (χ4n) is 1.18. The Morgan fingerprint density at radius 2 is 2.07 bits per heavy atom. The highest BCUT2D eigenvalue weighted by Gasteiger charge is 2.05. The summed E-state index contributed by atoms with van der Waals surface area (Å²) in [5.74, 6) is -1.28. The minimum atomic E-state index is -1.08. The molecule has 0 aliphatic rings. The van der Waals surface area contributed by atoms with Gasteiger partial charge >= 0.3 is 5.97 Å². The van der Waals surface area contributed by atoms with Gasteiger partial charge in [0.15, 0.2) is 0 Å². The monoisotopic (exact) mass is 233 g/mol. The Bertz CT molecular complexity index is 206. The molecule has 4 nitrogen and oxygen atoms in total. The van der Waals surface area contributed by atoms with Crippen LogP contribution in [0.2, 0.25) is 0 Å². The molecule has 88 valence electrons. The molecular weight excluding hydrogens is 216 g/mol. The van der Waals surface area contributed by atoms with Gasteiger partial charge < -0.3 is 14.6 Å². The number of carboxylic acids is 1. The lowest BCUT2D eigenvalue weighted by Crippen LogP contribution is -2.25. The van der Waals surface area contributed by atoms with Crippen LogP contribution in [0.25, 0.3) is 0 Å². The number of ether oxygens (including phenoxy) is 1. The van der Waals surface area contributed by atoms with E-state index in [0.29, 0.717) is 25.9 Å². The van der Waals surface area contributed by atoms with Gasteiger partial charge in [0, 0.05) is 17.6 Å². The largest absolute Gasteiger partial charge is 0.550 e. The molecule has 0 fully saturated rings. The maximum Gasteiger partial charge on any atom is 0.305 e. The minimum Gasteiger partial charge on any atom is -0.550 e.